The smallest absolute Gasteiger partial charge is 0.321 e. The normalized spacial score (nSPS) is 10.6. The molecule has 0 aliphatic rings. The monoisotopic (exact) mass is 380 g/mol. The molecule has 2 N–H and O–H groups in total. The number of amides is 3. The van der Waals surface area contributed by atoms with E-state index in [1.807, 2.05) is 31.4 Å². The Bertz CT molecular complexity index is 742. The van der Waals surface area contributed by atoms with Crippen LogP contribution in [0.4, 0.5) is 4.79 Å². The quantitative estimate of drug-likeness (QED) is 0.669. The lowest BCUT2D eigenvalue weighted by Gasteiger charge is -2.06. The number of imide groups is 1. The minimum Gasteiger partial charge on any atom is -0.456 e. The third-order valence-electron chi connectivity index (χ3n) is 3.16. The fourth-order valence-corrected chi connectivity index (χ4v) is 2.46. The number of nitrogens with one attached hydrogen (secondary N) is 2. The van der Waals surface area contributed by atoms with Crippen molar-refractivity contribution in [2.24, 2.45) is 0 Å². The van der Waals surface area contributed by atoms with E-state index < -0.39 is 24.5 Å². The van der Waals surface area contributed by atoms with Gasteiger partial charge in [-0.25, -0.2) is 4.79 Å². The summed E-state index contributed by atoms with van der Waals surface area (Å²) in [4.78, 5) is 39.9. The first-order chi connectivity index (χ1) is 12.4. The van der Waals surface area contributed by atoms with Gasteiger partial charge in [0, 0.05) is 17.2 Å². The molecular weight excluding hydrogens is 360 g/mol. The van der Waals surface area contributed by atoms with Crippen LogP contribution in [0.1, 0.15) is 42.8 Å². The van der Waals surface area contributed by atoms with Gasteiger partial charge in [0.25, 0.3) is 5.91 Å². The van der Waals surface area contributed by atoms with E-state index in [0.717, 1.165) is 4.88 Å². The predicted molar refractivity (Wildman–Crippen MR) is 92.4 cm³/mol. The second kappa shape index (κ2) is 9.66. The van der Waals surface area contributed by atoms with Gasteiger partial charge in [0.15, 0.2) is 12.4 Å². The number of ether oxygens (including phenoxy) is 1. The molecule has 2 aromatic rings. The summed E-state index contributed by atoms with van der Waals surface area (Å²) in [5.74, 6) is -0.260. The van der Waals surface area contributed by atoms with Gasteiger partial charge in [0.2, 0.25) is 5.89 Å². The molecule has 2 rings (SSSR count). The van der Waals surface area contributed by atoms with E-state index in [9.17, 15) is 14.4 Å². The van der Waals surface area contributed by atoms with E-state index in [1.165, 1.54) is 11.3 Å². The van der Waals surface area contributed by atoms with E-state index >= 15 is 0 Å². The van der Waals surface area contributed by atoms with Gasteiger partial charge in [-0.2, -0.15) is 4.98 Å². The van der Waals surface area contributed by atoms with Crippen molar-refractivity contribution in [3.05, 3.63) is 34.1 Å². The van der Waals surface area contributed by atoms with Crippen LogP contribution < -0.4 is 10.6 Å². The van der Waals surface area contributed by atoms with Gasteiger partial charge in [-0.05, 0) is 11.4 Å². The third kappa shape index (κ3) is 6.63. The summed E-state index contributed by atoms with van der Waals surface area (Å²) in [6.45, 7) is 3.64. The molecule has 0 aliphatic heterocycles. The highest BCUT2D eigenvalue weighted by Gasteiger charge is 2.14. The fourth-order valence-electron chi connectivity index (χ4n) is 1.82. The van der Waals surface area contributed by atoms with Crippen molar-refractivity contribution in [2.45, 2.75) is 39.2 Å². The zero-order valence-electron chi connectivity index (χ0n) is 14.5. The maximum Gasteiger partial charge on any atom is 0.321 e. The lowest BCUT2D eigenvalue weighted by atomic mass is 10.2. The van der Waals surface area contributed by atoms with E-state index in [0.29, 0.717) is 18.3 Å². The van der Waals surface area contributed by atoms with Crippen molar-refractivity contribution in [3.8, 4) is 0 Å². The minimum atomic E-state index is -0.707. The van der Waals surface area contributed by atoms with Crippen molar-refractivity contribution in [3.63, 3.8) is 0 Å². The number of nitrogens with zero attached hydrogens (tertiary/aromatic N) is 2. The van der Waals surface area contributed by atoms with Crippen LogP contribution in [0.15, 0.2) is 22.0 Å². The molecule has 0 fully saturated rings. The van der Waals surface area contributed by atoms with Crippen molar-refractivity contribution >= 4 is 29.2 Å². The van der Waals surface area contributed by atoms with E-state index in [-0.39, 0.29) is 18.8 Å². The number of hydrogen-bond acceptors (Lipinski definition) is 8. The highest BCUT2D eigenvalue weighted by Crippen LogP contribution is 2.10. The van der Waals surface area contributed by atoms with Crippen LogP contribution in [0.3, 0.4) is 0 Å². The Labute approximate surface area is 154 Å². The molecule has 26 heavy (non-hydrogen) atoms. The van der Waals surface area contributed by atoms with Crippen LogP contribution in [0.25, 0.3) is 0 Å². The summed E-state index contributed by atoms with van der Waals surface area (Å²) in [5, 5.41) is 10.3. The van der Waals surface area contributed by atoms with Crippen molar-refractivity contribution < 1.29 is 23.6 Å². The molecule has 2 aromatic heterocycles. The Hall–Kier alpha value is -2.75. The standard InChI is InChI=1S/C16H20N4O5S/c1-10(2)15-19-13(25-20-15)5-6-14(22)24-9-12(21)18-16(23)17-8-11-4-3-7-26-11/h3-4,7,10H,5-6,8-9H2,1-2H3,(H2,17,18,21,23). The zero-order chi connectivity index (χ0) is 18.9. The molecule has 2 heterocycles. The lowest BCUT2D eigenvalue weighted by molar-refractivity contribution is -0.148. The first kappa shape index (κ1) is 19.6. The van der Waals surface area contributed by atoms with Crippen LogP contribution in [-0.2, 0) is 27.3 Å². The molecule has 0 aliphatic carbocycles. The summed E-state index contributed by atoms with van der Waals surface area (Å²) in [6.07, 6.45) is 0.221. The lowest BCUT2D eigenvalue weighted by Crippen LogP contribution is -2.41. The molecule has 0 spiro atoms. The van der Waals surface area contributed by atoms with Crippen molar-refractivity contribution in [1.29, 1.82) is 0 Å². The molecule has 10 heteroatoms. The minimum absolute atomic E-state index is 0.00240. The van der Waals surface area contributed by atoms with Gasteiger partial charge >= 0.3 is 12.0 Å². The maximum atomic E-state index is 11.6. The Kier molecular flexibility index (Phi) is 7.27. The summed E-state index contributed by atoms with van der Waals surface area (Å²) in [5.41, 5.74) is 0. The van der Waals surface area contributed by atoms with Crippen LogP contribution in [0.2, 0.25) is 0 Å². The number of aromatic nitrogens is 2. The Morgan fingerprint density at radius 3 is 2.81 bits per heavy atom. The molecular formula is C16H20N4O5S. The number of aryl methyl sites for hydroxylation is 1. The van der Waals surface area contributed by atoms with Crippen LogP contribution in [0.5, 0.6) is 0 Å². The highest BCUT2D eigenvalue weighted by molar-refractivity contribution is 7.09. The van der Waals surface area contributed by atoms with Gasteiger partial charge in [-0.1, -0.05) is 25.1 Å². The van der Waals surface area contributed by atoms with Gasteiger partial charge in [0.1, 0.15) is 0 Å². The largest absolute Gasteiger partial charge is 0.456 e. The van der Waals surface area contributed by atoms with Crippen LogP contribution in [0, 0.1) is 0 Å². The van der Waals surface area contributed by atoms with Gasteiger partial charge in [0.05, 0.1) is 13.0 Å². The predicted octanol–water partition coefficient (Wildman–Crippen LogP) is 1.76. The van der Waals surface area contributed by atoms with Crippen LogP contribution >= 0.6 is 11.3 Å². The second-order valence-corrected chi connectivity index (χ2v) is 6.70. The van der Waals surface area contributed by atoms with Crippen molar-refractivity contribution in [2.75, 3.05) is 6.61 Å². The summed E-state index contributed by atoms with van der Waals surface area (Å²) < 4.78 is 9.82. The van der Waals surface area contributed by atoms with Crippen LogP contribution in [-0.4, -0.2) is 34.7 Å². The molecule has 0 saturated heterocycles. The van der Waals surface area contributed by atoms with Crippen molar-refractivity contribution in [1.82, 2.24) is 20.8 Å². The topological polar surface area (TPSA) is 123 Å². The number of urea groups is 1. The third-order valence-corrected chi connectivity index (χ3v) is 4.04. The molecule has 0 atom stereocenters. The highest BCUT2D eigenvalue weighted by atomic mass is 32.1. The number of carbonyl (C=O) groups excluding carboxylic acids is 3. The summed E-state index contributed by atoms with van der Waals surface area (Å²) in [6, 6.07) is 3.08. The number of carbonyl (C=O) groups is 3. The van der Waals surface area contributed by atoms with Gasteiger partial charge < -0.3 is 14.6 Å². The number of rotatable bonds is 8. The molecule has 0 unspecified atom stereocenters. The summed E-state index contributed by atoms with van der Waals surface area (Å²) in [7, 11) is 0. The number of thiophene rings is 1. The van der Waals surface area contributed by atoms with E-state index in [2.05, 4.69) is 20.8 Å². The average molecular weight is 380 g/mol. The molecule has 0 aromatic carbocycles. The molecule has 0 bridgehead atoms. The molecule has 9 nitrogen and oxygen atoms in total. The second-order valence-electron chi connectivity index (χ2n) is 5.67. The number of hydrogen-bond donors (Lipinski definition) is 2. The molecule has 140 valence electrons. The van der Waals surface area contributed by atoms with Gasteiger partial charge in [-0.3, -0.25) is 14.9 Å². The zero-order valence-corrected chi connectivity index (χ0v) is 15.3. The molecule has 3 amide bonds. The fraction of sp³-hybridized carbons (Fsp3) is 0.438. The Morgan fingerprint density at radius 1 is 1.35 bits per heavy atom. The molecule has 0 saturated carbocycles. The van der Waals surface area contributed by atoms with E-state index in [4.69, 9.17) is 9.26 Å². The first-order valence-electron chi connectivity index (χ1n) is 8.02. The molecule has 0 radical (unpaired) electrons. The van der Waals surface area contributed by atoms with Gasteiger partial charge in [-0.15, -0.1) is 11.3 Å². The number of esters is 1. The average Bonchev–Trinajstić information content (AvgIpc) is 3.27. The first-order valence-corrected chi connectivity index (χ1v) is 8.90. The Balaban J connectivity index is 1.61. The SMILES string of the molecule is CC(C)c1noc(CCC(=O)OCC(=O)NC(=O)NCc2cccs2)n1. The van der Waals surface area contributed by atoms with E-state index in [1.54, 1.807) is 0 Å². The maximum absolute atomic E-state index is 11.6. The summed E-state index contributed by atoms with van der Waals surface area (Å²) >= 11 is 1.49. The Morgan fingerprint density at radius 2 is 2.15 bits per heavy atom.